The first-order chi connectivity index (χ1) is 14.2. The smallest absolute Gasteiger partial charge is 0.338 e. The summed E-state index contributed by atoms with van der Waals surface area (Å²) in [5.74, 6) is -0.00108. The van der Waals surface area contributed by atoms with Gasteiger partial charge in [-0.05, 0) is 62.3 Å². The molecule has 2 N–H and O–H groups in total. The molecule has 0 saturated carbocycles. The lowest BCUT2D eigenvalue weighted by molar-refractivity contribution is 0.0229. The molecule has 0 bridgehead atoms. The number of hydrogen-bond donors (Lipinski definition) is 2. The molecule has 8 nitrogen and oxygen atoms in total. The molecule has 1 amide bonds. The molecule has 1 aromatic carbocycles. The van der Waals surface area contributed by atoms with Gasteiger partial charge in [-0.25, -0.2) is 14.8 Å². The highest BCUT2D eigenvalue weighted by atomic mass is 35.5. The lowest BCUT2D eigenvalue weighted by atomic mass is 10.1. The number of ether oxygens (including phenoxy) is 1. The van der Waals surface area contributed by atoms with E-state index in [-0.39, 0.29) is 30.4 Å². The first-order valence-corrected chi connectivity index (χ1v) is 9.46. The maximum Gasteiger partial charge on any atom is 0.338 e. The van der Waals surface area contributed by atoms with E-state index in [0.717, 1.165) is 25.9 Å². The van der Waals surface area contributed by atoms with E-state index in [4.69, 9.17) is 4.74 Å². The topological polar surface area (TPSA) is 98.1 Å². The van der Waals surface area contributed by atoms with E-state index in [0.29, 0.717) is 22.6 Å². The van der Waals surface area contributed by atoms with Gasteiger partial charge in [0.15, 0.2) is 0 Å². The standard InChI is InChI=1S/C21H21N5O3.ClH/c27-20(16-5-10-24-19(13-16)26-12-11-23-14-26)25-17-3-1-15(2-4-17)21(28)29-18-6-8-22-9-7-18;/h1-5,10-14,18,22H,6-9H2,(H,25,27);1H. The lowest BCUT2D eigenvalue weighted by Crippen LogP contribution is -2.33. The molecule has 1 aliphatic heterocycles. The van der Waals surface area contributed by atoms with Crippen molar-refractivity contribution in [3.05, 3.63) is 72.4 Å². The molecule has 30 heavy (non-hydrogen) atoms. The number of amides is 1. The van der Waals surface area contributed by atoms with E-state index in [2.05, 4.69) is 20.6 Å². The van der Waals surface area contributed by atoms with Gasteiger partial charge in [0.2, 0.25) is 0 Å². The van der Waals surface area contributed by atoms with Crippen LogP contribution in [0.25, 0.3) is 5.82 Å². The minimum absolute atomic E-state index is 0. The third-order valence-electron chi connectivity index (χ3n) is 4.71. The molecule has 0 aliphatic carbocycles. The van der Waals surface area contributed by atoms with Gasteiger partial charge < -0.3 is 15.4 Å². The van der Waals surface area contributed by atoms with E-state index in [1.807, 2.05) is 0 Å². The van der Waals surface area contributed by atoms with Crippen LogP contribution in [-0.2, 0) is 4.74 Å². The molecule has 156 valence electrons. The van der Waals surface area contributed by atoms with E-state index < -0.39 is 0 Å². The van der Waals surface area contributed by atoms with Gasteiger partial charge in [0, 0.05) is 29.8 Å². The van der Waals surface area contributed by atoms with Crippen LogP contribution in [0.4, 0.5) is 5.69 Å². The summed E-state index contributed by atoms with van der Waals surface area (Å²) in [5.41, 5.74) is 1.53. The van der Waals surface area contributed by atoms with Crippen LogP contribution in [0, 0.1) is 0 Å². The summed E-state index contributed by atoms with van der Waals surface area (Å²) in [4.78, 5) is 33.0. The summed E-state index contributed by atoms with van der Waals surface area (Å²) in [6.07, 6.45) is 8.20. The molecule has 4 rings (SSSR count). The average molecular weight is 428 g/mol. The molecule has 1 aliphatic rings. The van der Waals surface area contributed by atoms with Crippen molar-refractivity contribution < 1.29 is 14.3 Å². The molecule has 0 atom stereocenters. The summed E-state index contributed by atoms with van der Waals surface area (Å²) in [7, 11) is 0. The number of nitrogens with one attached hydrogen (secondary N) is 2. The normalized spacial score (nSPS) is 13.9. The van der Waals surface area contributed by atoms with Crippen molar-refractivity contribution in [1.82, 2.24) is 19.9 Å². The fraction of sp³-hybridized carbons (Fsp3) is 0.238. The Bertz CT molecular complexity index is 986. The molecule has 9 heteroatoms. The number of benzene rings is 1. The Labute approximate surface area is 180 Å². The van der Waals surface area contributed by atoms with Crippen LogP contribution in [0.5, 0.6) is 0 Å². The molecule has 0 spiro atoms. The second-order valence-corrected chi connectivity index (χ2v) is 6.76. The van der Waals surface area contributed by atoms with Gasteiger partial charge in [-0.2, -0.15) is 0 Å². The highest BCUT2D eigenvalue weighted by molar-refractivity contribution is 6.04. The monoisotopic (exact) mass is 427 g/mol. The summed E-state index contributed by atoms with van der Waals surface area (Å²) in [5, 5.41) is 6.06. The van der Waals surface area contributed by atoms with Gasteiger partial charge >= 0.3 is 5.97 Å². The third kappa shape index (κ3) is 5.22. The van der Waals surface area contributed by atoms with Crippen molar-refractivity contribution in [2.24, 2.45) is 0 Å². The summed E-state index contributed by atoms with van der Waals surface area (Å²) >= 11 is 0. The highest BCUT2D eigenvalue weighted by Crippen LogP contribution is 2.16. The fourth-order valence-corrected chi connectivity index (χ4v) is 3.12. The number of imidazole rings is 1. The van der Waals surface area contributed by atoms with Crippen molar-refractivity contribution in [3.8, 4) is 5.82 Å². The van der Waals surface area contributed by atoms with Crippen molar-refractivity contribution in [1.29, 1.82) is 0 Å². The number of hydrogen-bond acceptors (Lipinski definition) is 6. The average Bonchev–Trinajstić information content (AvgIpc) is 3.30. The maximum absolute atomic E-state index is 12.6. The van der Waals surface area contributed by atoms with E-state index in [1.165, 1.54) is 0 Å². The van der Waals surface area contributed by atoms with Crippen LogP contribution in [-0.4, -0.2) is 45.6 Å². The van der Waals surface area contributed by atoms with Crippen LogP contribution in [0.15, 0.2) is 61.3 Å². The van der Waals surface area contributed by atoms with E-state index >= 15 is 0 Å². The zero-order valence-corrected chi connectivity index (χ0v) is 17.0. The molecule has 1 saturated heterocycles. The molecular weight excluding hydrogens is 406 g/mol. The van der Waals surface area contributed by atoms with Gasteiger partial charge in [-0.15, -0.1) is 12.4 Å². The summed E-state index contributed by atoms with van der Waals surface area (Å²) in [6, 6.07) is 10.0. The Hall–Kier alpha value is -3.23. The van der Waals surface area contributed by atoms with Gasteiger partial charge in [0.1, 0.15) is 18.2 Å². The quantitative estimate of drug-likeness (QED) is 0.607. The molecule has 3 heterocycles. The number of carbonyl (C=O) groups is 2. The highest BCUT2D eigenvalue weighted by Gasteiger charge is 2.18. The number of rotatable bonds is 5. The molecule has 1 fully saturated rings. The van der Waals surface area contributed by atoms with Crippen LogP contribution in [0.1, 0.15) is 33.6 Å². The second kappa shape index (κ2) is 10.00. The predicted octanol–water partition coefficient (Wildman–Crippen LogP) is 2.85. The lowest BCUT2D eigenvalue weighted by Gasteiger charge is -2.22. The Balaban J connectivity index is 0.00000256. The van der Waals surface area contributed by atoms with Crippen molar-refractivity contribution in [2.75, 3.05) is 18.4 Å². The molecular formula is C21H22ClN5O3. The minimum atomic E-state index is -0.339. The van der Waals surface area contributed by atoms with Crippen LogP contribution in [0.2, 0.25) is 0 Å². The number of esters is 1. The zero-order chi connectivity index (χ0) is 20.1. The Morgan fingerprint density at radius 1 is 1.07 bits per heavy atom. The molecule has 0 unspecified atom stereocenters. The van der Waals surface area contributed by atoms with E-state index in [9.17, 15) is 9.59 Å². The van der Waals surface area contributed by atoms with Gasteiger partial charge in [0.25, 0.3) is 5.91 Å². The van der Waals surface area contributed by atoms with Crippen molar-refractivity contribution in [3.63, 3.8) is 0 Å². The van der Waals surface area contributed by atoms with Crippen LogP contribution < -0.4 is 10.6 Å². The molecule has 2 aromatic heterocycles. The number of pyridine rings is 1. The summed E-state index contributed by atoms with van der Waals surface area (Å²) in [6.45, 7) is 1.72. The van der Waals surface area contributed by atoms with Gasteiger partial charge in [-0.3, -0.25) is 9.36 Å². The molecule has 3 aromatic rings. The van der Waals surface area contributed by atoms with E-state index in [1.54, 1.807) is 65.9 Å². The first-order valence-electron chi connectivity index (χ1n) is 9.46. The Kier molecular flexibility index (Phi) is 7.16. The summed E-state index contributed by atoms with van der Waals surface area (Å²) < 4.78 is 7.26. The van der Waals surface area contributed by atoms with Gasteiger partial charge in [0.05, 0.1) is 5.56 Å². The number of carbonyl (C=O) groups excluding carboxylic acids is 2. The number of piperidine rings is 1. The number of halogens is 1. The Morgan fingerprint density at radius 2 is 1.83 bits per heavy atom. The van der Waals surface area contributed by atoms with Crippen molar-refractivity contribution >= 4 is 30.0 Å². The van der Waals surface area contributed by atoms with Gasteiger partial charge in [-0.1, -0.05) is 0 Å². The van der Waals surface area contributed by atoms with Crippen molar-refractivity contribution in [2.45, 2.75) is 18.9 Å². The minimum Gasteiger partial charge on any atom is -0.459 e. The largest absolute Gasteiger partial charge is 0.459 e. The number of anilines is 1. The Morgan fingerprint density at radius 3 is 2.53 bits per heavy atom. The third-order valence-corrected chi connectivity index (χ3v) is 4.71. The van der Waals surface area contributed by atoms with Crippen LogP contribution >= 0.6 is 12.4 Å². The van der Waals surface area contributed by atoms with Crippen LogP contribution in [0.3, 0.4) is 0 Å². The SMILES string of the molecule is Cl.O=C(Nc1ccc(C(=O)OC2CCNCC2)cc1)c1ccnc(-n2ccnc2)c1. The zero-order valence-electron chi connectivity index (χ0n) is 16.2. The fourth-order valence-electron chi connectivity index (χ4n) is 3.12. The number of nitrogens with zero attached hydrogens (tertiary/aromatic N) is 3. The first kappa shape index (κ1) is 21.5. The second-order valence-electron chi connectivity index (χ2n) is 6.76. The molecule has 0 radical (unpaired) electrons. The number of aromatic nitrogens is 3. The predicted molar refractivity (Wildman–Crippen MR) is 114 cm³/mol. The maximum atomic E-state index is 12.6.